The summed E-state index contributed by atoms with van der Waals surface area (Å²) >= 11 is 0. The van der Waals surface area contributed by atoms with Gasteiger partial charge in [0, 0.05) is 24.7 Å². The fourth-order valence-corrected chi connectivity index (χ4v) is 4.02. The third-order valence-electron chi connectivity index (χ3n) is 5.70. The zero-order chi connectivity index (χ0) is 26.5. The number of rotatable bonds is 8. The zero-order valence-corrected chi connectivity index (χ0v) is 21.5. The molecule has 1 saturated heterocycles. The number of ether oxygens (including phenoxy) is 2. The normalized spacial score (nSPS) is 16.8. The molecule has 9 nitrogen and oxygen atoms in total. The summed E-state index contributed by atoms with van der Waals surface area (Å²) in [6.07, 6.45) is -0.462. The highest BCUT2D eigenvalue weighted by Crippen LogP contribution is 2.30. The monoisotopic (exact) mass is 497 g/mol. The van der Waals surface area contributed by atoms with Gasteiger partial charge in [-0.05, 0) is 76.4 Å². The number of alkyl carbamates (subject to hydrolysis) is 1. The van der Waals surface area contributed by atoms with Crippen LogP contribution in [0.3, 0.4) is 0 Å². The molecule has 194 valence electrons. The van der Waals surface area contributed by atoms with Crippen molar-refractivity contribution in [1.29, 1.82) is 0 Å². The average molecular weight is 498 g/mol. The van der Waals surface area contributed by atoms with Crippen molar-refractivity contribution in [2.45, 2.75) is 65.2 Å². The number of nitrogens with one attached hydrogen (secondary N) is 1. The molecule has 1 heterocycles. The molecule has 0 aliphatic carbocycles. The van der Waals surface area contributed by atoms with Gasteiger partial charge in [0.2, 0.25) is 0 Å². The molecule has 1 aliphatic rings. The lowest BCUT2D eigenvalue weighted by Crippen LogP contribution is -2.48. The summed E-state index contributed by atoms with van der Waals surface area (Å²) in [7, 11) is 0. The minimum atomic E-state index is -1.03. The van der Waals surface area contributed by atoms with Gasteiger partial charge in [-0.3, -0.25) is 4.79 Å². The van der Waals surface area contributed by atoms with Crippen LogP contribution in [-0.2, 0) is 9.53 Å². The summed E-state index contributed by atoms with van der Waals surface area (Å²) < 4.78 is 11.0. The lowest BCUT2D eigenvalue weighted by atomic mass is 10.1. The van der Waals surface area contributed by atoms with E-state index in [0.29, 0.717) is 42.9 Å². The van der Waals surface area contributed by atoms with E-state index in [4.69, 9.17) is 9.47 Å². The first-order chi connectivity index (χ1) is 17.0. The van der Waals surface area contributed by atoms with Crippen LogP contribution in [0.4, 0.5) is 10.5 Å². The molecule has 0 bridgehead atoms. The summed E-state index contributed by atoms with van der Waals surface area (Å²) in [5.74, 6) is -0.813. The highest BCUT2D eigenvalue weighted by molar-refractivity contribution is 6.05. The van der Waals surface area contributed by atoms with E-state index in [9.17, 15) is 19.5 Å². The number of aryl methyl sites for hydroxylation is 1. The van der Waals surface area contributed by atoms with Crippen molar-refractivity contribution in [2.24, 2.45) is 0 Å². The highest BCUT2D eigenvalue weighted by atomic mass is 16.6. The van der Waals surface area contributed by atoms with Crippen LogP contribution in [0.15, 0.2) is 48.5 Å². The van der Waals surface area contributed by atoms with E-state index in [1.807, 2.05) is 50.9 Å². The largest absolute Gasteiger partial charge is 0.479 e. The molecule has 1 fully saturated rings. The molecule has 2 amide bonds. The topological polar surface area (TPSA) is 108 Å². The Bertz CT molecular complexity index is 1080. The number of anilines is 1. The van der Waals surface area contributed by atoms with Crippen molar-refractivity contribution < 1.29 is 29.0 Å². The summed E-state index contributed by atoms with van der Waals surface area (Å²) in [5, 5.41) is 15.7. The molecule has 0 aromatic heterocycles. The van der Waals surface area contributed by atoms with Crippen LogP contribution < -0.4 is 15.1 Å². The first-order valence-corrected chi connectivity index (χ1v) is 12.1. The van der Waals surface area contributed by atoms with Gasteiger partial charge < -0.3 is 19.9 Å². The summed E-state index contributed by atoms with van der Waals surface area (Å²) in [5.41, 5.74) is 1.33. The van der Waals surface area contributed by atoms with Crippen molar-refractivity contribution in [2.75, 3.05) is 18.1 Å². The molecule has 0 radical (unpaired) electrons. The summed E-state index contributed by atoms with van der Waals surface area (Å²) in [6, 6.07) is 14.0. The Morgan fingerprint density at radius 2 is 1.86 bits per heavy atom. The molecular formula is C27H35N3O6. The number of hydrazine groups is 1. The maximum absolute atomic E-state index is 13.7. The SMILES string of the molecule is CCC(Oc1ccc(N(C(=O)c2ccccc2)N2CC[C@@H](NC(=O)OC(C)(C)C)C2)c(C)c1)C(=O)O. The third-order valence-corrected chi connectivity index (χ3v) is 5.70. The highest BCUT2D eigenvalue weighted by Gasteiger charge is 2.34. The first-order valence-electron chi connectivity index (χ1n) is 12.1. The maximum atomic E-state index is 13.7. The minimum absolute atomic E-state index is 0.185. The second-order valence-electron chi connectivity index (χ2n) is 9.83. The van der Waals surface area contributed by atoms with E-state index in [1.54, 1.807) is 42.3 Å². The lowest BCUT2D eigenvalue weighted by molar-refractivity contribution is -0.145. The number of carbonyl (C=O) groups excluding carboxylic acids is 2. The zero-order valence-electron chi connectivity index (χ0n) is 21.5. The van der Waals surface area contributed by atoms with Crippen molar-refractivity contribution in [1.82, 2.24) is 10.3 Å². The molecule has 3 rings (SSSR count). The van der Waals surface area contributed by atoms with Crippen LogP contribution in [0.2, 0.25) is 0 Å². The Morgan fingerprint density at radius 1 is 1.17 bits per heavy atom. The smallest absolute Gasteiger partial charge is 0.407 e. The molecule has 2 aromatic carbocycles. The molecule has 2 atom stereocenters. The second-order valence-corrected chi connectivity index (χ2v) is 9.83. The Balaban J connectivity index is 1.86. The first kappa shape index (κ1) is 27.0. The fourth-order valence-electron chi connectivity index (χ4n) is 4.02. The molecule has 36 heavy (non-hydrogen) atoms. The molecule has 1 unspecified atom stereocenters. The Hall–Kier alpha value is -3.59. The van der Waals surface area contributed by atoms with Crippen LogP contribution in [-0.4, -0.2) is 58.9 Å². The van der Waals surface area contributed by atoms with Crippen LogP contribution in [0, 0.1) is 6.92 Å². The van der Waals surface area contributed by atoms with Crippen molar-refractivity contribution in [3.05, 3.63) is 59.7 Å². The molecule has 2 N–H and O–H groups in total. The van der Waals surface area contributed by atoms with Gasteiger partial charge in [0.25, 0.3) is 5.91 Å². The number of amides is 2. The van der Waals surface area contributed by atoms with Gasteiger partial charge in [-0.25, -0.2) is 19.6 Å². The van der Waals surface area contributed by atoms with E-state index >= 15 is 0 Å². The fraction of sp³-hybridized carbons (Fsp3) is 0.444. The number of hydrogen-bond acceptors (Lipinski definition) is 6. The average Bonchev–Trinajstić information content (AvgIpc) is 3.25. The van der Waals surface area contributed by atoms with Gasteiger partial charge in [-0.1, -0.05) is 25.1 Å². The summed E-state index contributed by atoms with van der Waals surface area (Å²) in [6.45, 7) is 9.99. The van der Waals surface area contributed by atoms with Crippen molar-refractivity contribution in [3.63, 3.8) is 0 Å². The third kappa shape index (κ3) is 6.97. The van der Waals surface area contributed by atoms with Gasteiger partial charge in [0.15, 0.2) is 6.10 Å². The van der Waals surface area contributed by atoms with Gasteiger partial charge in [0.05, 0.1) is 5.69 Å². The van der Waals surface area contributed by atoms with Gasteiger partial charge in [-0.2, -0.15) is 0 Å². The van der Waals surface area contributed by atoms with E-state index in [2.05, 4.69) is 5.32 Å². The van der Waals surface area contributed by atoms with Gasteiger partial charge in [-0.15, -0.1) is 0 Å². The van der Waals surface area contributed by atoms with Crippen molar-refractivity contribution in [3.8, 4) is 5.75 Å². The lowest BCUT2D eigenvalue weighted by Gasteiger charge is -2.33. The van der Waals surface area contributed by atoms with E-state index in [0.717, 1.165) is 5.56 Å². The van der Waals surface area contributed by atoms with Crippen LogP contribution >= 0.6 is 0 Å². The molecule has 2 aromatic rings. The van der Waals surface area contributed by atoms with E-state index in [-0.39, 0.29) is 11.9 Å². The Morgan fingerprint density at radius 3 is 2.44 bits per heavy atom. The van der Waals surface area contributed by atoms with E-state index in [1.165, 1.54) is 0 Å². The minimum Gasteiger partial charge on any atom is -0.479 e. The van der Waals surface area contributed by atoms with E-state index < -0.39 is 23.8 Å². The number of hydrogen-bond donors (Lipinski definition) is 2. The molecule has 0 spiro atoms. The predicted octanol–water partition coefficient (Wildman–Crippen LogP) is 4.40. The van der Waals surface area contributed by atoms with Crippen molar-refractivity contribution >= 4 is 23.7 Å². The standard InChI is InChI=1S/C27H35N3O6/c1-6-23(25(32)33)35-21-12-13-22(18(2)16-21)30(24(31)19-10-8-7-9-11-19)29-15-14-20(17-29)28-26(34)36-27(3,4)5/h7-13,16,20,23H,6,14-15,17H2,1-5H3,(H,28,34)(H,32,33)/t20-,23?/m1/s1. The number of carbonyl (C=O) groups is 3. The maximum Gasteiger partial charge on any atom is 0.407 e. The van der Waals surface area contributed by atoms with Gasteiger partial charge in [0.1, 0.15) is 11.4 Å². The number of carboxylic acids is 1. The van der Waals surface area contributed by atoms with Gasteiger partial charge >= 0.3 is 12.1 Å². The number of aliphatic carboxylic acids is 1. The molecule has 1 aliphatic heterocycles. The Kier molecular flexibility index (Phi) is 8.57. The molecular weight excluding hydrogens is 462 g/mol. The van der Waals surface area contributed by atoms with Crippen LogP contribution in [0.5, 0.6) is 5.75 Å². The number of nitrogens with zero attached hydrogens (tertiary/aromatic N) is 2. The predicted molar refractivity (Wildman–Crippen MR) is 136 cm³/mol. The Labute approximate surface area is 212 Å². The van der Waals surface area contributed by atoms with Crippen LogP contribution in [0.1, 0.15) is 56.5 Å². The summed E-state index contributed by atoms with van der Waals surface area (Å²) in [4.78, 5) is 37.3. The number of benzene rings is 2. The number of carboxylic acid groups (broad SMARTS) is 1. The quantitative estimate of drug-likeness (QED) is 0.557. The van der Waals surface area contributed by atoms with Crippen LogP contribution in [0.25, 0.3) is 0 Å². The molecule has 9 heteroatoms. The molecule has 0 saturated carbocycles. The second kappa shape index (κ2) is 11.4.